The lowest BCUT2D eigenvalue weighted by molar-refractivity contribution is -0.310. The fourth-order valence-electron chi connectivity index (χ4n) is 2.45. The molecule has 0 saturated heterocycles. The van der Waals surface area contributed by atoms with Gasteiger partial charge in [0.05, 0.1) is 11.7 Å². The van der Waals surface area contributed by atoms with Gasteiger partial charge in [-0.05, 0) is 30.3 Å². The van der Waals surface area contributed by atoms with Gasteiger partial charge in [-0.25, -0.2) is 14.8 Å². The molecule has 6 heteroatoms. The second kappa shape index (κ2) is 7.40. The monoisotopic (exact) mass is 346 g/mol. The molecule has 0 saturated carbocycles. The lowest BCUT2D eigenvalue weighted by Gasteiger charge is -2.00. The molecule has 0 unspecified atom stereocenters. The van der Waals surface area contributed by atoms with Gasteiger partial charge in [-0.2, -0.15) is 0 Å². The van der Waals surface area contributed by atoms with E-state index >= 15 is 0 Å². The molecule has 2 N–H and O–H groups in total. The van der Waals surface area contributed by atoms with Crippen molar-refractivity contribution in [2.75, 3.05) is 0 Å². The molecule has 128 valence electrons. The van der Waals surface area contributed by atoms with Gasteiger partial charge in [0.1, 0.15) is 5.69 Å². The van der Waals surface area contributed by atoms with Crippen LogP contribution in [-0.2, 0) is 0 Å². The molecule has 6 nitrogen and oxygen atoms in total. The van der Waals surface area contributed by atoms with Crippen molar-refractivity contribution in [2.24, 2.45) is 0 Å². The number of hydrogen-bond acceptors (Lipinski definition) is 4. The van der Waals surface area contributed by atoms with E-state index in [0.717, 1.165) is 0 Å². The second-order valence-corrected chi connectivity index (χ2v) is 5.44. The Morgan fingerprint density at radius 3 is 1.88 bits per heavy atom. The van der Waals surface area contributed by atoms with Gasteiger partial charge in [0.25, 0.3) is 0 Å². The minimum Gasteiger partial charge on any atom is -0.543 e. The first-order valence-corrected chi connectivity index (χ1v) is 7.76. The molecule has 26 heavy (non-hydrogen) atoms. The molecule has 0 atom stereocenters. The molecule has 4 aromatic rings. The predicted octanol–water partition coefficient (Wildman–Crippen LogP) is 1.95. The number of aromatic amines is 1. The van der Waals surface area contributed by atoms with Gasteiger partial charge in [-0.1, -0.05) is 30.3 Å². The molecule has 0 amide bonds. The van der Waals surface area contributed by atoms with E-state index in [4.69, 9.17) is 5.11 Å². The van der Waals surface area contributed by atoms with Crippen LogP contribution in [0.15, 0.2) is 72.8 Å². The average molecular weight is 346 g/mol. The van der Waals surface area contributed by atoms with Crippen molar-refractivity contribution in [2.45, 2.75) is 0 Å². The molecule has 0 aliphatic heterocycles. The van der Waals surface area contributed by atoms with Crippen LogP contribution >= 0.6 is 0 Å². The topological polar surface area (TPSA) is 104 Å². The largest absolute Gasteiger partial charge is 0.543 e. The van der Waals surface area contributed by atoms with Crippen LogP contribution in [0.5, 0.6) is 0 Å². The van der Waals surface area contributed by atoms with E-state index in [9.17, 15) is 14.7 Å². The number of fused-ring (bicyclic) bond motifs is 2. The number of nitrogens with one attached hydrogen (secondary N) is 1. The van der Waals surface area contributed by atoms with Crippen LogP contribution < -0.4 is 10.1 Å². The van der Waals surface area contributed by atoms with Crippen molar-refractivity contribution in [3.8, 4) is 0 Å². The third-order valence-corrected chi connectivity index (χ3v) is 3.68. The number of nitrogens with zero attached hydrogens (tertiary/aromatic N) is 1. The zero-order valence-electron chi connectivity index (χ0n) is 13.5. The van der Waals surface area contributed by atoms with Crippen LogP contribution in [0.3, 0.4) is 0 Å². The number of aromatic nitrogens is 2. The first-order valence-electron chi connectivity index (χ1n) is 7.76. The third kappa shape index (κ3) is 3.81. The SMILES string of the molecule is O=C([O-])c1cccc(C(=O)O)n1.c1ccc2[nH+]c3ccccc3cc2c1. The molecule has 0 aliphatic rings. The molecule has 2 heterocycles. The quantitative estimate of drug-likeness (QED) is 0.559. The highest BCUT2D eigenvalue weighted by Gasteiger charge is 2.05. The Morgan fingerprint density at radius 1 is 0.808 bits per heavy atom. The predicted molar refractivity (Wildman–Crippen MR) is 93.5 cm³/mol. The van der Waals surface area contributed by atoms with E-state index in [2.05, 4.69) is 52.4 Å². The van der Waals surface area contributed by atoms with Crippen molar-refractivity contribution in [3.05, 3.63) is 84.2 Å². The smallest absolute Gasteiger partial charge is 0.354 e. The van der Waals surface area contributed by atoms with Gasteiger partial charge in [0.2, 0.25) is 11.0 Å². The molecule has 0 fully saturated rings. The maximum Gasteiger partial charge on any atom is 0.354 e. The third-order valence-electron chi connectivity index (χ3n) is 3.68. The number of hydrogen-bond donors (Lipinski definition) is 1. The molecule has 0 radical (unpaired) electrons. The minimum absolute atomic E-state index is 0.309. The number of H-pyrrole nitrogens is 1. The summed E-state index contributed by atoms with van der Waals surface area (Å²) in [4.78, 5) is 27.2. The van der Waals surface area contributed by atoms with E-state index in [1.165, 1.54) is 40.0 Å². The Balaban J connectivity index is 0.000000153. The Labute approximate surface area is 148 Å². The molecule has 0 bridgehead atoms. The summed E-state index contributed by atoms with van der Waals surface area (Å²) >= 11 is 0. The normalized spacial score (nSPS) is 10.2. The molecular formula is C20H14N2O4. The first-order chi connectivity index (χ1) is 12.5. The average Bonchev–Trinajstić information content (AvgIpc) is 2.67. The van der Waals surface area contributed by atoms with Crippen LogP contribution in [-0.4, -0.2) is 22.0 Å². The van der Waals surface area contributed by atoms with E-state index in [-0.39, 0.29) is 11.4 Å². The minimum atomic E-state index is -1.49. The van der Waals surface area contributed by atoms with Gasteiger partial charge < -0.3 is 15.0 Å². The number of carboxylic acids is 2. The van der Waals surface area contributed by atoms with E-state index in [1.54, 1.807) is 0 Å². The summed E-state index contributed by atoms with van der Waals surface area (Å²) < 4.78 is 0. The van der Waals surface area contributed by atoms with Gasteiger partial charge in [-0.3, -0.25) is 0 Å². The number of benzene rings is 2. The van der Waals surface area contributed by atoms with E-state index < -0.39 is 11.9 Å². The summed E-state index contributed by atoms with van der Waals surface area (Å²) in [5, 5.41) is 21.1. The summed E-state index contributed by atoms with van der Waals surface area (Å²) in [7, 11) is 0. The Bertz CT molecular complexity index is 975. The lowest BCUT2D eigenvalue weighted by atomic mass is 10.1. The molecule has 2 aromatic heterocycles. The number of aromatic carboxylic acids is 2. The summed E-state index contributed by atoms with van der Waals surface area (Å²) in [5.41, 5.74) is 1.68. The lowest BCUT2D eigenvalue weighted by Crippen LogP contribution is -2.24. The van der Waals surface area contributed by atoms with E-state index in [0.29, 0.717) is 0 Å². The van der Waals surface area contributed by atoms with E-state index in [1.807, 2.05) is 12.1 Å². The number of para-hydroxylation sites is 2. The molecule has 2 aromatic carbocycles. The Morgan fingerprint density at radius 2 is 1.35 bits per heavy atom. The molecule has 0 spiro atoms. The zero-order valence-corrected chi connectivity index (χ0v) is 13.5. The molecular weight excluding hydrogens is 332 g/mol. The number of rotatable bonds is 2. The highest BCUT2D eigenvalue weighted by molar-refractivity contribution is 5.89. The summed E-state index contributed by atoms with van der Waals surface area (Å²) in [6.45, 7) is 0. The van der Waals surface area contributed by atoms with Gasteiger partial charge in [0.15, 0.2) is 0 Å². The van der Waals surface area contributed by atoms with Crippen molar-refractivity contribution < 1.29 is 24.8 Å². The van der Waals surface area contributed by atoms with Crippen molar-refractivity contribution in [1.82, 2.24) is 4.98 Å². The van der Waals surface area contributed by atoms with Crippen LogP contribution in [0.4, 0.5) is 0 Å². The Kier molecular flexibility index (Phi) is 4.85. The second-order valence-electron chi connectivity index (χ2n) is 5.44. The highest BCUT2D eigenvalue weighted by atomic mass is 16.4. The van der Waals surface area contributed by atoms with Crippen molar-refractivity contribution >= 4 is 33.7 Å². The summed E-state index contributed by atoms with van der Waals surface area (Å²) in [5.74, 6) is -2.75. The van der Waals surface area contributed by atoms with Crippen molar-refractivity contribution in [1.29, 1.82) is 0 Å². The highest BCUT2D eigenvalue weighted by Crippen LogP contribution is 2.15. The number of carbonyl (C=O) groups excluding carboxylic acids is 1. The van der Waals surface area contributed by atoms with Crippen LogP contribution in [0.2, 0.25) is 0 Å². The van der Waals surface area contributed by atoms with Gasteiger partial charge in [0, 0.05) is 22.9 Å². The van der Waals surface area contributed by atoms with Crippen LogP contribution in [0.25, 0.3) is 21.8 Å². The van der Waals surface area contributed by atoms with Crippen molar-refractivity contribution in [3.63, 3.8) is 0 Å². The van der Waals surface area contributed by atoms with Crippen LogP contribution in [0, 0.1) is 0 Å². The summed E-state index contributed by atoms with van der Waals surface area (Å²) in [6.07, 6.45) is 0. The molecule has 4 rings (SSSR count). The molecule has 0 aliphatic carbocycles. The van der Waals surface area contributed by atoms with Gasteiger partial charge >= 0.3 is 5.97 Å². The zero-order chi connectivity index (χ0) is 18.5. The number of carboxylic acid groups (broad SMARTS) is 2. The van der Waals surface area contributed by atoms with Gasteiger partial charge in [-0.15, -0.1) is 0 Å². The fraction of sp³-hybridized carbons (Fsp3) is 0. The standard InChI is InChI=1S/C13H9N.C7H5NO4/c1-3-7-12-10(5-1)9-11-6-2-4-8-13(11)14-12;9-6(10)4-2-1-3-5(8-4)7(11)12/h1-9H;1-3H,(H,9,10)(H,11,12). The first kappa shape index (κ1) is 17.0. The maximum absolute atomic E-state index is 10.3. The maximum atomic E-state index is 10.3. The Hall–Kier alpha value is -3.80. The number of carbonyl (C=O) groups is 2. The number of pyridine rings is 2. The summed E-state index contributed by atoms with van der Waals surface area (Å²) in [6, 6.07) is 22.5. The van der Waals surface area contributed by atoms with Crippen LogP contribution in [0.1, 0.15) is 21.0 Å². The fourth-order valence-corrected chi connectivity index (χ4v) is 2.45.